The van der Waals surface area contributed by atoms with Crippen LogP contribution in [0.5, 0.6) is 0 Å². The number of benzene rings is 1. The maximum absolute atomic E-state index is 11.8. The second-order valence-electron chi connectivity index (χ2n) is 3.77. The van der Waals surface area contributed by atoms with Gasteiger partial charge in [-0.1, -0.05) is 12.1 Å². The van der Waals surface area contributed by atoms with Crippen LogP contribution in [0.1, 0.15) is 0 Å². The van der Waals surface area contributed by atoms with Gasteiger partial charge in [-0.3, -0.25) is 0 Å². The highest BCUT2D eigenvalue weighted by Gasteiger charge is 2.12. The van der Waals surface area contributed by atoms with E-state index in [9.17, 15) is 8.42 Å². The third-order valence-corrected chi connectivity index (χ3v) is 4.84. The summed E-state index contributed by atoms with van der Waals surface area (Å²) in [6, 6.07) is 7.31. The van der Waals surface area contributed by atoms with Crippen molar-refractivity contribution >= 4 is 33.4 Å². The minimum atomic E-state index is -3.49. The van der Waals surface area contributed by atoms with Crippen LogP contribution in [-0.2, 0) is 10.0 Å². The van der Waals surface area contributed by atoms with E-state index in [1.807, 2.05) is 18.2 Å². The zero-order chi connectivity index (χ0) is 14.4. The predicted molar refractivity (Wildman–Crippen MR) is 78.8 cm³/mol. The van der Waals surface area contributed by atoms with Crippen LogP contribution in [-0.4, -0.2) is 35.1 Å². The summed E-state index contributed by atoms with van der Waals surface area (Å²) in [6.07, 6.45) is 2.73. The Morgan fingerprint density at radius 1 is 1.25 bits per heavy atom. The second-order valence-corrected chi connectivity index (χ2v) is 6.75. The Hall–Kier alpha value is -1.87. The van der Waals surface area contributed by atoms with Gasteiger partial charge in [-0.05, 0) is 12.1 Å². The van der Waals surface area contributed by atoms with Gasteiger partial charge in [0.1, 0.15) is 0 Å². The molecule has 0 bridgehead atoms. The minimum Gasteiger partial charge on any atom is -0.398 e. The van der Waals surface area contributed by atoms with Crippen molar-refractivity contribution < 1.29 is 8.42 Å². The molecule has 0 aliphatic carbocycles. The Labute approximate surface area is 121 Å². The van der Waals surface area contributed by atoms with Gasteiger partial charge in [0.25, 0.3) is 5.95 Å². The number of anilines is 2. The van der Waals surface area contributed by atoms with Gasteiger partial charge < -0.3 is 5.73 Å². The average Bonchev–Trinajstić information content (AvgIpc) is 2.41. The fourth-order valence-corrected chi connectivity index (χ4v) is 3.67. The minimum absolute atomic E-state index is 0.0308. The Morgan fingerprint density at radius 2 is 2.05 bits per heavy atom. The van der Waals surface area contributed by atoms with Gasteiger partial charge in [-0.15, -0.1) is 16.9 Å². The van der Waals surface area contributed by atoms with Gasteiger partial charge in [0, 0.05) is 16.3 Å². The van der Waals surface area contributed by atoms with Crippen molar-refractivity contribution in [3.63, 3.8) is 0 Å². The van der Waals surface area contributed by atoms with Crippen molar-refractivity contribution in [2.75, 3.05) is 22.0 Å². The summed E-state index contributed by atoms with van der Waals surface area (Å²) in [4.78, 5) is 4.62. The molecule has 0 aliphatic rings. The van der Waals surface area contributed by atoms with Crippen LogP contribution in [0.2, 0.25) is 0 Å². The number of hydrogen-bond donors (Lipinski definition) is 2. The zero-order valence-electron chi connectivity index (χ0n) is 10.4. The largest absolute Gasteiger partial charge is 0.398 e. The zero-order valence-corrected chi connectivity index (χ0v) is 12.1. The number of aromatic nitrogens is 3. The van der Waals surface area contributed by atoms with Crippen molar-refractivity contribution in [1.82, 2.24) is 15.2 Å². The molecule has 0 unspecified atom stereocenters. The standard InChI is InChI=1S/C11H13N5O2S2/c12-9-3-1-2-4-10(9)19-7-8-20(17,18)16-11-13-5-6-14-15-11/h1-6H,7-8,12H2,(H,13,15,16). The molecule has 3 N–H and O–H groups in total. The molecule has 0 fully saturated rings. The highest BCUT2D eigenvalue weighted by Crippen LogP contribution is 2.24. The number of nitrogens with one attached hydrogen (secondary N) is 1. The van der Waals surface area contributed by atoms with Crippen molar-refractivity contribution in [2.24, 2.45) is 0 Å². The summed E-state index contributed by atoms with van der Waals surface area (Å²) in [7, 11) is -3.49. The van der Waals surface area contributed by atoms with Crippen LogP contribution >= 0.6 is 11.8 Å². The SMILES string of the molecule is Nc1ccccc1SCCS(=O)(=O)Nc1nccnn1. The molecule has 0 spiro atoms. The van der Waals surface area contributed by atoms with E-state index in [0.717, 1.165) is 4.90 Å². The average molecular weight is 311 g/mol. The van der Waals surface area contributed by atoms with Crippen molar-refractivity contribution in [2.45, 2.75) is 4.90 Å². The molecule has 1 aromatic heterocycles. The van der Waals surface area contributed by atoms with Crippen molar-refractivity contribution in [1.29, 1.82) is 0 Å². The quantitative estimate of drug-likeness (QED) is 0.604. The maximum atomic E-state index is 11.8. The lowest BCUT2D eigenvalue weighted by Gasteiger charge is -2.06. The molecule has 1 aromatic carbocycles. The molecule has 106 valence electrons. The summed E-state index contributed by atoms with van der Waals surface area (Å²) in [5, 5.41) is 7.11. The predicted octanol–water partition coefficient (Wildman–Crippen LogP) is 0.988. The molecule has 0 radical (unpaired) electrons. The van der Waals surface area contributed by atoms with Gasteiger partial charge in [0.2, 0.25) is 10.0 Å². The van der Waals surface area contributed by atoms with E-state index in [1.165, 1.54) is 24.2 Å². The number of thioether (sulfide) groups is 1. The van der Waals surface area contributed by atoms with Crippen LogP contribution in [0.15, 0.2) is 41.6 Å². The Balaban J connectivity index is 1.89. The lowest BCUT2D eigenvalue weighted by molar-refractivity contribution is 0.602. The number of para-hydroxylation sites is 1. The molecule has 0 amide bonds. The molecule has 0 saturated carbocycles. The van der Waals surface area contributed by atoms with Crippen LogP contribution in [0.25, 0.3) is 0 Å². The molecule has 2 rings (SSSR count). The van der Waals surface area contributed by atoms with E-state index >= 15 is 0 Å². The molecule has 9 heteroatoms. The fraction of sp³-hybridized carbons (Fsp3) is 0.182. The van der Waals surface area contributed by atoms with E-state index < -0.39 is 10.0 Å². The van der Waals surface area contributed by atoms with E-state index in [2.05, 4.69) is 19.9 Å². The molecule has 0 saturated heterocycles. The van der Waals surface area contributed by atoms with Crippen molar-refractivity contribution in [3.8, 4) is 0 Å². The Bertz CT molecular complexity index is 664. The molecule has 0 atom stereocenters. The first-order valence-electron chi connectivity index (χ1n) is 5.68. The summed E-state index contributed by atoms with van der Waals surface area (Å²) >= 11 is 1.38. The van der Waals surface area contributed by atoms with E-state index in [0.29, 0.717) is 11.4 Å². The lowest BCUT2D eigenvalue weighted by Crippen LogP contribution is -2.19. The molecule has 7 nitrogen and oxygen atoms in total. The first-order chi connectivity index (χ1) is 9.57. The summed E-state index contributed by atoms with van der Waals surface area (Å²) < 4.78 is 25.9. The molecular formula is C11H13N5O2S2. The van der Waals surface area contributed by atoms with E-state index in [1.54, 1.807) is 6.07 Å². The molecule has 1 heterocycles. The van der Waals surface area contributed by atoms with Crippen LogP contribution < -0.4 is 10.5 Å². The topological polar surface area (TPSA) is 111 Å². The van der Waals surface area contributed by atoms with Crippen LogP contribution in [0.3, 0.4) is 0 Å². The number of nitrogen functional groups attached to an aromatic ring is 1. The smallest absolute Gasteiger partial charge is 0.256 e. The fourth-order valence-electron chi connectivity index (χ4n) is 1.36. The molecule has 2 aromatic rings. The normalized spacial score (nSPS) is 11.2. The number of hydrogen-bond acceptors (Lipinski definition) is 7. The highest BCUT2D eigenvalue weighted by molar-refractivity contribution is 8.01. The van der Waals surface area contributed by atoms with Crippen LogP contribution in [0, 0.1) is 0 Å². The Kier molecular flexibility index (Phi) is 4.74. The first kappa shape index (κ1) is 14.5. The summed E-state index contributed by atoms with van der Waals surface area (Å²) in [5.41, 5.74) is 6.42. The van der Waals surface area contributed by atoms with Crippen molar-refractivity contribution in [3.05, 3.63) is 36.7 Å². The highest BCUT2D eigenvalue weighted by atomic mass is 32.2. The van der Waals surface area contributed by atoms with Gasteiger partial charge in [-0.2, -0.15) is 5.10 Å². The number of sulfonamides is 1. The second kappa shape index (κ2) is 6.53. The van der Waals surface area contributed by atoms with Gasteiger partial charge >= 0.3 is 0 Å². The number of nitrogens with zero attached hydrogens (tertiary/aromatic N) is 3. The molecular weight excluding hydrogens is 298 g/mol. The van der Waals surface area contributed by atoms with Gasteiger partial charge in [0.05, 0.1) is 18.1 Å². The molecule has 20 heavy (non-hydrogen) atoms. The van der Waals surface area contributed by atoms with Gasteiger partial charge in [0.15, 0.2) is 0 Å². The summed E-state index contributed by atoms with van der Waals surface area (Å²) in [5.74, 6) is 0.283. The van der Waals surface area contributed by atoms with E-state index in [-0.39, 0.29) is 11.7 Å². The first-order valence-corrected chi connectivity index (χ1v) is 8.32. The molecule has 0 aliphatic heterocycles. The van der Waals surface area contributed by atoms with Gasteiger partial charge in [-0.25, -0.2) is 18.1 Å². The van der Waals surface area contributed by atoms with Crippen LogP contribution in [0.4, 0.5) is 11.6 Å². The monoisotopic (exact) mass is 311 g/mol. The Morgan fingerprint density at radius 3 is 2.75 bits per heavy atom. The number of nitrogens with two attached hydrogens (primary N) is 1. The van der Waals surface area contributed by atoms with E-state index in [4.69, 9.17) is 5.73 Å². The number of rotatable bonds is 6. The summed E-state index contributed by atoms with van der Waals surface area (Å²) in [6.45, 7) is 0. The third kappa shape index (κ3) is 4.35. The third-order valence-electron chi connectivity index (χ3n) is 2.26. The maximum Gasteiger partial charge on any atom is 0.256 e. The lowest BCUT2D eigenvalue weighted by atomic mass is 10.3.